The fraction of sp³-hybridized carbons (Fsp3) is 0.636. The molecule has 0 aliphatic heterocycles. The molecular formula is C11H18N2OS. The summed E-state index contributed by atoms with van der Waals surface area (Å²) in [6, 6.07) is -0.339. The summed E-state index contributed by atoms with van der Waals surface area (Å²) in [7, 11) is 0. The zero-order valence-electron chi connectivity index (χ0n) is 9.49. The average Bonchev–Trinajstić information content (AvgIpc) is 2.50. The van der Waals surface area contributed by atoms with Gasteiger partial charge in [0.2, 0.25) is 0 Å². The second-order valence-corrected chi connectivity index (χ2v) is 5.20. The second-order valence-electron chi connectivity index (χ2n) is 4.26. The van der Waals surface area contributed by atoms with Crippen LogP contribution in [0.3, 0.4) is 0 Å². The van der Waals surface area contributed by atoms with E-state index in [1.54, 1.807) is 0 Å². The van der Waals surface area contributed by atoms with E-state index in [0.717, 1.165) is 17.1 Å². The molecule has 84 valence electrons. The van der Waals surface area contributed by atoms with Gasteiger partial charge in [0.25, 0.3) is 0 Å². The molecule has 0 radical (unpaired) electrons. The molecule has 2 N–H and O–H groups in total. The zero-order valence-corrected chi connectivity index (χ0v) is 10.3. The van der Waals surface area contributed by atoms with Crippen LogP contribution in [-0.4, -0.2) is 16.8 Å². The molecular weight excluding hydrogens is 208 g/mol. The van der Waals surface area contributed by atoms with Crippen LogP contribution < -0.4 is 5.73 Å². The number of carbonyl (C=O) groups is 1. The third kappa shape index (κ3) is 4.10. The minimum Gasteiger partial charge on any atom is -0.321 e. The van der Waals surface area contributed by atoms with Gasteiger partial charge in [0.1, 0.15) is 5.01 Å². The molecule has 1 atom stereocenters. The summed E-state index contributed by atoms with van der Waals surface area (Å²) in [5.41, 5.74) is 6.77. The highest BCUT2D eigenvalue weighted by molar-refractivity contribution is 7.09. The van der Waals surface area contributed by atoms with Gasteiger partial charge in [-0.25, -0.2) is 4.98 Å². The standard InChI is InChI=1S/C11H18N2OS/c1-7(2)4-9(12)10(14)5-11-13-8(3)6-15-11/h6-7,9H,4-5,12H2,1-3H3. The van der Waals surface area contributed by atoms with Crippen LogP contribution in [0.15, 0.2) is 5.38 Å². The summed E-state index contributed by atoms with van der Waals surface area (Å²) in [5, 5.41) is 2.83. The quantitative estimate of drug-likeness (QED) is 0.834. The predicted octanol–water partition coefficient (Wildman–Crippen LogP) is 1.94. The largest absolute Gasteiger partial charge is 0.321 e. The minimum atomic E-state index is -0.339. The number of rotatable bonds is 5. The van der Waals surface area contributed by atoms with Crippen molar-refractivity contribution in [3.05, 3.63) is 16.1 Å². The smallest absolute Gasteiger partial charge is 0.156 e. The van der Waals surface area contributed by atoms with Crippen LogP contribution in [0.2, 0.25) is 0 Å². The van der Waals surface area contributed by atoms with E-state index in [1.165, 1.54) is 11.3 Å². The third-order valence-electron chi connectivity index (χ3n) is 2.13. The molecule has 0 aliphatic rings. The molecule has 4 heteroatoms. The number of ketones is 1. The van der Waals surface area contributed by atoms with E-state index < -0.39 is 0 Å². The first kappa shape index (κ1) is 12.3. The number of Topliss-reactive ketones (excluding diaryl/α,β-unsaturated/α-hetero) is 1. The molecule has 0 amide bonds. The van der Waals surface area contributed by atoms with Crippen LogP contribution in [0.1, 0.15) is 31.0 Å². The van der Waals surface area contributed by atoms with Crippen molar-refractivity contribution in [2.45, 2.75) is 39.7 Å². The first-order valence-corrected chi connectivity index (χ1v) is 6.06. The lowest BCUT2D eigenvalue weighted by Gasteiger charge is -2.11. The minimum absolute atomic E-state index is 0.0954. The molecule has 3 nitrogen and oxygen atoms in total. The highest BCUT2D eigenvalue weighted by Gasteiger charge is 2.16. The van der Waals surface area contributed by atoms with E-state index in [4.69, 9.17) is 5.73 Å². The van der Waals surface area contributed by atoms with Crippen molar-refractivity contribution in [1.29, 1.82) is 0 Å². The summed E-state index contributed by atoms with van der Waals surface area (Å²) < 4.78 is 0. The van der Waals surface area contributed by atoms with Crippen molar-refractivity contribution in [2.75, 3.05) is 0 Å². The van der Waals surface area contributed by atoms with Gasteiger partial charge in [-0.3, -0.25) is 4.79 Å². The van der Waals surface area contributed by atoms with Gasteiger partial charge in [-0.2, -0.15) is 0 Å². The summed E-state index contributed by atoms with van der Waals surface area (Å²) in [6.07, 6.45) is 1.13. The summed E-state index contributed by atoms with van der Waals surface area (Å²) in [4.78, 5) is 16.0. The molecule has 1 aromatic heterocycles. The Labute approximate surface area is 94.7 Å². The van der Waals surface area contributed by atoms with E-state index in [0.29, 0.717) is 12.3 Å². The Kier molecular flexibility index (Phi) is 4.42. The normalized spacial score (nSPS) is 13.1. The summed E-state index contributed by atoms with van der Waals surface area (Å²) in [5.74, 6) is 0.556. The van der Waals surface area contributed by atoms with Crippen LogP contribution in [0.25, 0.3) is 0 Å². The van der Waals surface area contributed by atoms with E-state index >= 15 is 0 Å². The van der Waals surface area contributed by atoms with Crippen molar-refractivity contribution in [2.24, 2.45) is 11.7 Å². The second kappa shape index (κ2) is 5.37. The highest BCUT2D eigenvalue weighted by atomic mass is 32.1. The van der Waals surface area contributed by atoms with Crippen LogP contribution >= 0.6 is 11.3 Å². The Morgan fingerprint density at radius 3 is 2.73 bits per heavy atom. The zero-order chi connectivity index (χ0) is 11.4. The SMILES string of the molecule is Cc1csc(CC(=O)C(N)CC(C)C)n1. The first-order chi connectivity index (χ1) is 6.99. The predicted molar refractivity (Wildman–Crippen MR) is 63.0 cm³/mol. The maximum absolute atomic E-state index is 11.7. The fourth-order valence-electron chi connectivity index (χ4n) is 1.40. The number of carbonyl (C=O) groups excluding carboxylic acids is 1. The van der Waals surface area contributed by atoms with Gasteiger partial charge in [0.05, 0.1) is 12.5 Å². The molecule has 1 aromatic rings. The molecule has 0 saturated carbocycles. The maximum Gasteiger partial charge on any atom is 0.156 e. The first-order valence-electron chi connectivity index (χ1n) is 5.18. The van der Waals surface area contributed by atoms with E-state index in [9.17, 15) is 4.79 Å². The lowest BCUT2D eigenvalue weighted by Crippen LogP contribution is -2.33. The van der Waals surface area contributed by atoms with Crippen LogP contribution in [0, 0.1) is 12.8 Å². The van der Waals surface area contributed by atoms with Crippen LogP contribution in [0.4, 0.5) is 0 Å². The number of hydrogen-bond donors (Lipinski definition) is 1. The van der Waals surface area contributed by atoms with Crippen molar-refractivity contribution in [3.8, 4) is 0 Å². The van der Waals surface area contributed by atoms with E-state index in [2.05, 4.69) is 18.8 Å². The topological polar surface area (TPSA) is 56.0 Å². The molecule has 1 rings (SSSR count). The van der Waals surface area contributed by atoms with Crippen molar-refractivity contribution in [1.82, 2.24) is 4.98 Å². The Morgan fingerprint density at radius 1 is 1.60 bits per heavy atom. The third-order valence-corrected chi connectivity index (χ3v) is 3.10. The monoisotopic (exact) mass is 226 g/mol. The molecule has 0 bridgehead atoms. The lowest BCUT2D eigenvalue weighted by atomic mass is 10.00. The van der Waals surface area contributed by atoms with E-state index in [1.807, 2.05) is 12.3 Å². The summed E-state index contributed by atoms with van der Waals surface area (Å²) >= 11 is 1.53. The van der Waals surface area contributed by atoms with Gasteiger partial charge >= 0.3 is 0 Å². The molecule has 0 aliphatic carbocycles. The van der Waals surface area contributed by atoms with Crippen molar-refractivity contribution >= 4 is 17.1 Å². The number of aryl methyl sites for hydroxylation is 1. The van der Waals surface area contributed by atoms with Gasteiger partial charge in [0.15, 0.2) is 5.78 Å². The highest BCUT2D eigenvalue weighted by Crippen LogP contribution is 2.12. The maximum atomic E-state index is 11.7. The molecule has 0 saturated heterocycles. The van der Waals surface area contributed by atoms with Gasteiger partial charge in [-0.05, 0) is 19.3 Å². The molecule has 0 aromatic carbocycles. The Bertz CT molecular complexity index is 333. The lowest BCUT2D eigenvalue weighted by molar-refractivity contribution is -0.120. The van der Waals surface area contributed by atoms with Crippen LogP contribution in [-0.2, 0) is 11.2 Å². The van der Waals surface area contributed by atoms with Gasteiger partial charge < -0.3 is 5.73 Å². The Morgan fingerprint density at radius 2 is 2.27 bits per heavy atom. The Balaban J connectivity index is 2.48. The fourth-order valence-corrected chi connectivity index (χ4v) is 2.18. The molecule has 1 unspecified atom stereocenters. The van der Waals surface area contributed by atoms with Gasteiger partial charge in [-0.15, -0.1) is 11.3 Å². The molecule has 15 heavy (non-hydrogen) atoms. The number of hydrogen-bond acceptors (Lipinski definition) is 4. The number of thiazole rings is 1. The van der Waals surface area contributed by atoms with Gasteiger partial charge in [-0.1, -0.05) is 13.8 Å². The van der Waals surface area contributed by atoms with Gasteiger partial charge in [0, 0.05) is 11.1 Å². The summed E-state index contributed by atoms with van der Waals surface area (Å²) in [6.45, 7) is 6.07. The molecule has 0 spiro atoms. The van der Waals surface area contributed by atoms with Crippen LogP contribution in [0.5, 0.6) is 0 Å². The average molecular weight is 226 g/mol. The van der Waals surface area contributed by atoms with Crippen molar-refractivity contribution < 1.29 is 4.79 Å². The Hall–Kier alpha value is -0.740. The number of nitrogens with zero attached hydrogens (tertiary/aromatic N) is 1. The molecule has 1 heterocycles. The van der Waals surface area contributed by atoms with Crippen molar-refractivity contribution in [3.63, 3.8) is 0 Å². The number of aromatic nitrogens is 1. The molecule has 0 fully saturated rings. The van der Waals surface area contributed by atoms with E-state index in [-0.39, 0.29) is 11.8 Å². The number of nitrogens with two attached hydrogens (primary N) is 1.